The first kappa shape index (κ1) is 19.2. The molecule has 3 rings (SSSR count). The Morgan fingerprint density at radius 3 is 2.12 bits per heavy atom. The molecule has 1 unspecified atom stereocenters. The van der Waals surface area contributed by atoms with Crippen LogP contribution in [0.25, 0.3) is 16.8 Å². The van der Waals surface area contributed by atoms with Crippen LogP contribution in [0.2, 0.25) is 10.0 Å². The molecule has 2 aromatic rings. The van der Waals surface area contributed by atoms with Gasteiger partial charge in [-0.2, -0.15) is 0 Å². The lowest BCUT2D eigenvalue weighted by molar-refractivity contribution is -0.118. The van der Waals surface area contributed by atoms with Gasteiger partial charge in [-0.05, 0) is 29.0 Å². The van der Waals surface area contributed by atoms with Crippen molar-refractivity contribution in [2.75, 3.05) is 0 Å². The largest absolute Gasteiger partial charge is 0.356 e. The molecule has 26 heavy (non-hydrogen) atoms. The summed E-state index contributed by atoms with van der Waals surface area (Å²) in [6.07, 6.45) is 1.71. The van der Waals surface area contributed by atoms with Gasteiger partial charge in [-0.3, -0.25) is 4.79 Å². The number of hydrogen-bond donors (Lipinski definition) is 0. The summed E-state index contributed by atoms with van der Waals surface area (Å²) in [4.78, 5) is 13.1. The number of rotatable bonds is 1. The van der Waals surface area contributed by atoms with Gasteiger partial charge in [0, 0.05) is 16.7 Å². The molecule has 0 radical (unpaired) electrons. The maximum atomic E-state index is 13.1. The highest BCUT2D eigenvalue weighted by Gasteiger charge is 2.44. The molecule has 1 aliphatic rings. The fourth-order valence-corrected chi connectivity index (χ4v) is 4.09. The van der Waals surface area contributed by atoms with Gasteiger partial charge in [-0.25, -0.2) is 0 Å². The highest BCUT2D eigenvalue weighted by atomic mass is 35.5. The molecule has 3 nitrogen and oxygen atoms in total. The van der Waals surface area contributed by atoms with Crippen molar-refractivity contribution in [2.45, 2.75) is 47.5 Å². The number of halogens is 2. The maximum absolute atomic E-state index is 13.1. The van der Waals surface area contributed by atoms with Gasteiger partial charge in [0.25, 0.3) is 0 Å². The van der Waals surface area contributed by atoms with Crippen LogP contribution in [0, 0.1) is 10.8 Å². The van der Waals surface area contributed by atoms with Crippen molar-refractivity contribution in [3.63, 3.8) is 0 Å². The Balaban J connectivity index is 2.36. The van der Waals surface area contributed by atoms with Crippen LogP contribution in [0.1, 0.15) is 58.8 Å². The molecule has 0 bridgehead atoms. The van der Waals surface area contributed by atoms with E-state index in [0.717, 1.165) is 11.1 Å². The Labute approximate surface area is 164 Å². The summed E-state index contributed by atoms with van der Waals surface area (Å²) < 4.78 is 5.78. The Morgan fingerprint density at radius 1 is 1.04 bits per heavy atom. The number of carbonyl (C=O) groups excluding carboxylic acids is 1. The van der Waals surface area contributed by atoms with Crippen molar-refractivity contribution < 1.29 is 9.32 Å². The van der Waals surface area contributed by atoms with Crippen LogP contribution in [0.3, 0.4) is 0 Å². The van der Waals surface area contributed by atoms with Crippen LogP contribution in [-0.4, -0.2) is 10.9 Å². The van der Waals surface area contributed by atoms with E-state index in [4.69, 9.17) is 27.7 Å². The average Bonchev–Trinajstić information content (AvgIpc) is 2.88. The van der Waals surface area contributed by atoms with Crippen molar-refractivity contribution in [3.8, 4) is 11.3 Å². The third kappa shape index (κ3) is 3.12. The zero-order chi connectivity index (χ0) is 19.4. The van der Waals surface area contributed by atoms with Crippen molar-refractivity contribution >= 4 is 34.6 Å². The molecule has 0 N–H and O–H groups in total. The Hall–Kier alpha value is -1.58. The summed E-state index contributed by atoms with van der Waals surface area (Å²) in [5, 5.41) is 5.29. The first-order valence-corrected chi connectivity index (χ1v) is 9.39. The first-order valence-electron chi connectivity index (χ1n) is 8.63. The van der Waals surface area contributed by atoms with Gasteiger partial charge in [0.05, 0.1) is 16.0 Å². The van der Waals surface area contributed by atoms with E-state index in [9.17, 15) is 4.79 Å². The van der Waals surface area contributed by atoms with E-state index in [1.807, 2.05) is 20.8 Å². The van der Waals surface area contributed by atoms with Gasteiger partial charge in [-0.1, -0.05) is 76.0 Å². The van der Waals surface area contributed by atoms with E-state index < -0.39 is 0 Å². The van der Waals surface area contributed by atoms with Gasteiger partial charge in [0.2, 0.25) is 0 Å². The fraction of sp³-hybridized carbons (Fsp3) is 0.429. The molecule has 1 aromatic heterocycles. The van der Waals surface area contributed by atoms with Crippen molar-refractivity contribution in [3.05, 3.63) is 45.6 Å². The summed E-state index contributed by atoms with van der Waals surface area (Å²) in [5.41, 5.74) is 2.23. The maximum Gasteiger partial charge on any atom is 0.168 e. The zero-order valence-corrected chi connectivity index (χ0v) is 17.4. The molecule has 1 heterocycles. The second-order valence-electron chi connectivity index (χ2n) is 8.88. The minimum absolute atomic E-state index is 0.0579. The molecule has 0 amide bonds. The van der Waals surface area contributed by atoms with E-state index in [2.05, 4.69) is 25.9 Å². The highest BCUT2D eigenvalue weighted by molar-refractivity contribution is 6.39. The summed E-state index contributed by atoms with van der Waals surface area (Å²) in [6.45, 7) is 12.3. The van der Waals surface area contributed by atoms with E-state index in [1.165, 1.54) is 0 Å². The minimum atomic E-state index is -0.378. The first-order chi connectivity index (χ1) is 11.9. The third-order valence-electron chi connectivity index (χ3n) is 4.71. The molecule has 5 heteroatoms. The van der Waals surface area contributed by atoms with Crippen LogP contribution in [0.15, 0.2) is 28.8 Å². The van der Waals surface area contributed by atoms with Crippen LogP contribution < -0.4 is 0 Å². The molecule has 0 saturated heterocycles. The topological polar surface area (TPSA) is 43.1 Å². The summed E-state index contributed by atoms with van der Waals surface area (Å²) in [7, 11) is 0. The van der Waals surface area contributed by atoms with Gasteiger partial charge < -0.3 is 4.52 Å². The lowest BCUT2D eigenvalue weighted by Crippen LogP contribution is -2.30. The Bertz CT molecular complexity index is 891. The van der Waals surface area contributed by atoms with Crippen LogP contribution in [0.5, 0.6) is 0 Å². The van der Waals surface area contributed by atoms with Gasteiger partial charge >= 0.3 is 0 Å². The van der Waals surface area contributed by atoms with E-state index in [0.29, 0.717) is 27.1 Å². The summed E-state index contributed by atoms with van der Waals surface area (Å²) in [5.74, 6) is 0.336. The van der Waals surface area contributed by atoms with Crippen molar-refractivity contribution in [1.82, 2.24) is 5.16 Å². The smallest absolute Gasteiger partial charge is 0.168 e. The minimum Gasteiger partial charge on any atom is -0.356 e. The molecule has 1 atom stereocenters. The molecule has 0 aliphatic heterocycles. The van der Waals surface area contributed by atoms with E-state index in [-0.39, 0.29) is 22.5 Å². The molecule has 0 spiro atoms. The highest BCUT2D eigenvalue weighted by Crippen LogP contribution is 2.51. The number of fused-ring (bicyclic) bond motifs is 1. The third-order valence-corrected chi connectivity index (χ3v) is 5.34. The lowest BCUT2D eigenvalue weighted by Gasteiger charge is -2.34. The molecule has 1 aliphatic carbocycles. The van der Waals surface area contributed by atoms with Crippen molar-refractivity contribution in [1.29, 1.82) is 0 Å². The van der Waals surface area contributed by atoms with Crippen molar-refractivity contribution in [2.24, 2.45) is 10.8 Å². The quantitative estimate of drug-likeness (QED) is 0.537. The van der Waals surface area contributed by atoms with E-state index in [1.54, 1.807) is 24.3 Å². The summed E-state index contributed by atoms with van der Waals surface area (Å²) >= 11 is 12.8. The molecule has 138 valence electrons. The monoisotopic (exact) mass is 391 g/mol. The number of nitrogens with zero attached hydrogens (tertiary/aromatic N) is 1. The second-order valence-corrected chi connectivity index (χ2v) is 9.69. The number of benzene rings is 1. The normalized spacial score (nSPS) is 17.9. The zero-order valence-electron chi connectivity index (χ0n) is 15.9. The number of ketones is 1. The number of aromatic nitrogens is 1. The van der Waals surface area contributed by atoms with Crippen LogP contribution >= 0.6 is 23.2 Å². The molecule has 0 fully saturated rings. The van der Waals surface area contributed by atoms with Crippen LogP contribution in [0.4, 0.5) is 0 Å². The fourth-order valence-electron chi connectivity index (χ4n) is 3.51. The molecular weight excluding hydrogens is 369 g/mol. The van der Waals surface area contributed by atoms with E-state index >= 15 is 0 Å². The molecular formula is C21H23Cl2NO2. The van der Waals surface area contributed by atoms with Gasteiger partial charge in [0.1, 0.15) is 5.69 Å². The average molecular weight is 392 g/mol. The summed E-state index contributed by atoms with van der Waals surface area (Å²) in [6, 6.07) is 5.32. The predicted molar refractivity (Wildman–Crippen MR) is 107 cm³/mol. The standard InChI is InChI=1S/C21H23Cl2NO2/c1-20(2,3)11-10-14(25)17(21(4,5)6)16-18(24-26-19(11)16)15-12(22)8-7-9-13(15)23/h7-10,17H,1-6H3. The predicted octanol–water partition coefficient (Wildman–Crippen LogP) is 6.79. The van der Waals surface area contributed by atoms with Gasteiger partial charge in [-0.15, -0.1) is 0 Å². The molecule has 1 aromatic carbocycles. The van der Waals surface area contributed by atoms with Crippen LogP contribution in [-0.2, 0) is 4.79 Å². The number of hydrogen-bond acceptors (Lipinski definition) is 3. The SMILES string of the molecule is CC(C)(C)C1=CC(=O)C(C(C)(C)C)c2c(-c3c(Cl)cccc3Cl)noc21. The number of allylic oxidation sites excluding steroid dienone is 2. The number of carbonyl (C=O) groups is 1. The Morgan fingerprint density at radius 2 is 1.62 bits per heavy atom. The lowest BCUT2D eigenvalue weighted by atomic mass is 9.67. The second kappa shape index (κ2) is 6.24. The van der Waals surface area contributed by atoms with Gasteiger partial charge in [0.15, 0.2) is 11.5 Å². The molecule has 0 saturated carbocycles. The Kier molecular flexibility index (Phi) is 4.61.